The molecule has 0 saturated carbocycles. The second kappa shape index (κ2) is 12.0. The Balaban J connectivity index is 1.44. The highest BCUT2D eigenvalue weighted by molar-refractivity contribution is 7.20. The van der Waals surface area contributed by atoms with E-state index in [4.69, 9.17) is 13.1 Å². The normalized spacial score (nSPS) is 11.3. The van der Waals surface area contributed by atoms with Crippen molar-refractivity contribution in [2.24, 2.45) is 0 Å². The fraction of sp³-hybridized carbons (Fsp3) is 0. The van der Waals surface area contributed by atoms with E-state index in [9.17, 15) is 0 Å². The number of hydrogen-bond acceptors (Lipinski definition) is 0. The topological polar surface area (TPSA) is 13.6 Å². The minimum Gasteiger partial charge on any atom is -0.309 e. The number of fused-ring (bicyclic) bond motifs is 3. The molecule has 48 heavy (non-hydrogen) atoms. The van der Waals surface area contributed by atoms with E-state index in [1.165, 1.54) is 26.3 Å². The molecule has 0 atom stereocenters. The maximum atomic E-state index is 8.42. The third kappa shape index (κ3) is 4.48. The summed E-state index contributed by atoms with van der Waals surface area (Å²) in [6.45, 7) is 16.5. The molecule has 1 heterocycles. The highest BCUT2D eigenvalue weighted by atomic mass is 28.3. The molecule has 3 nitrogen and oxygen atoms in total. The van der Waals surface area contributed by atoms with Crippen LogP contribution in [-0.2, 0) is 0 Å². The van der Waals surface area contributed by atoms with E-state index in [-0.39, 0.29) is 0 Å². The highest BCUT2D eigenvalue weighted by Gasteiger charge is 2.43. The first-order chi connectivity index (χ1) is 23.8. The third-order valence-corrected chi connectivity index (χ3v) is 14.2. The van der Waals surface area contributed by atoms with Crippen molar-refractivity contribution >= 4 is 62.0 Å². The minimum atomic E-state index is -3.00. The second-order valence-corrected chi connectivity index (χ2v) is 15.6. The molecule has 7 aromatic carbocycles. The van der Waals surface area contributed by atoms with Crippen molar-refractivity contribution in [1.82, 2.24) is 4.57 Å². The van der Waals surface area contributed by atoms with Gasteiger partial charge in [-0.1, -0.05) is 157 Å². The monoisotopic (exact) mass is 627 g/mol. The van der Waals surface area contributed by atoms with Crippen molar-refractivity contribution in [2.45, 2.75) is 0 Å². The minimum absolute atomic E-state index is 0.368. The Morgan fingerprint density at radius 3 is 1.35 bits per heavy atom. The molecule has 224 valence electrons. The van der Waals surface area contributed by atoms with Crippen LogP contribution in [-0.4, -0.2) is 12.6 Å². The first-order valence-electron chi connectivity index (χ1n) is 15.9. The molecule has 0 saturated heterocycles. The largest absolute Gasteiger partial charge is 0.309 e. The first-order valence-corrected chi connectivity index (χ1v) is 17.9. The molecule has 0 aliphatic heterocycles. The van der Waals surface area contributed by atoms with Crippen LogP contribution in [0.3, 0.4) is 0 Å². The van der Waals surface area contributed by atoms with Crippen LogP contribution in [0, 0.1) is 13.1 Å². The molecule has 0 unspecified atom stereocenters. The Labute approximate surface area is 281 Å². The third-order valence-electron chi connectivity index (χ3n) is 9.41. The molecule has 1 aromatic heterocycles. The SMILES string of the molecule is [C-]#[N+]c1ccc([Si](c2ccccc2)(c2ccccc2)c2ccccc2)c(-c2ccc(-n3c4ccccc4c4ccccc43)cc2)c1[N+]#[C-]. The average Bonchev–Trinajstić information content (AvgIpc) is 3.50. The zero-order chi connectivity index (χ0) is 32.5. The van der Waals surface area contributed by atoms with Crippen molar-refractivity contribution in [1.29, 1.82) is 0 Å². The van der Waals surface area contributed by atoms with E-state index in [1.807, 2.05) is 6.07 Å². The van der Waals surface area contributed by atoms with Gasteiger partial charge in [0.15, 0.2) is 13.8 Å². The summed E-state index contributed by atoms with van der Waals surface area (Å²) < 4.78 is 2.30. The molecule has 0 spiro atoms. The van der Waals surface area contributed by atoms with Crippen molar-refractivity contribution in [3.05, 3.63) is 199 Å². The molecule has 4 heteroatoms. The van der Waals surface area contributed by atoms with Gasteiger partial charge in [-0.25, -0.2) is 4.85 Å². The zero-order valence-electron chi connectivity index (χ0n) is 26.1. The van der Waals surface area contributed by atoms with E-state index in [0.29, 0.717) is 11.4 Å². The van der Waals surface area contributed by atoms with Crippen LogP contribution in [0.4, 0.5) is 11.4 Å². The van der Waals surface area contributed by atoms with Gasteiger partial charge in [-0.2, -0.15) is 0 Å². The van der Waals surface area contributed by atoms with Gasteiger partial charge < -0.3 is 4.57 Å². The zero-order valence-corrected chi connectivity index (χ0v) is 27.1. The Bertz CT molecular complexity index is 2350. The number of para-hydroxylation sites is 2. The highest BCUT2D eigenvalue weighted by Crippen LogP contribution is 2.40. The summed E-state index contributed by atoms with van der Waals surface area (Å²) in [5.41, 5.74) is 5.85. The Kier molecular flexibility index (Phi) is 7.27. The quantitative estimate of drug-likeness (QED) is 0.0993. The van der Waals surface area contributed by atoms with Crippen molar-refractivity contribution in [2.75, 3.05) is 0 Å². The van der Waals surface area contributed by atoms with Crippen LogP contribution in [0.5, 0.6) is 0 Å². The van der Waals surface area contributed by atoms with Crippen LogP contribution in [0.1, 0.15) is 0 Å². The predicted molar refractivity (Wildman–Crippen MR) is 202 cm³/mol. The van der Waals surface area contributed by atoms with E-state index >= 15 is 0 Å². The second-order valence-electron chi connectivity index (χ2n) is 11.8. The predicted octanol–water partition coefficient (Wildman–Crippen LogP) is 8.93. The smallest absolute Gasteiger partial charge is 0.202 e. The van der Waals surface area contributed by atoms with Crippen molar-refractivity contribution in [3.63, 3.8) is 0 Å². The van der Waals surface area contributed by atoms with Crippen LogP contribution in [0.2, 0.25) is 0 Å². The van der Waals surface area contributed by atoms with Gasteiger partial charge in [0.25, 0.3) is 0 Å². The summed E-state index contributed by atoms with van der Waals surface area (Å²) in [5, 5.41) is 7.17. The molecular weight excluding hydrogens is 599 g/mol. The van der Waals surface area contributed by atoms with Gasteiger partial charge in [0.1, 0.15) is 0 Å². The van der Waals surface area contributed by atoms with Crippen LogP contribution >= 0.6 is 0 Å². The lowest BCUT2D eigenvalue weighted by Gasteiger charge is -2.36. The van der Waals surface area contributed by atoms with Gasteiger partial charge >= 0.3 is 0 Å². The van der Waals surface area contributed by atoms with E-state index < -0.39 is 8.07 Å². The Morgan fingerprint density at radius 2 is 0.896 bits per heavy atom. The fourth-order valence-electron chi connectivity index (χ4n) is 7.40. The Morgan fingerprint density at radius 1 is 0.438 bits per heavy atom. The average molecular weight is 628 g/mol. The van der Waals surface area contributed by atoms with E-state index in [1.54, 1.807) is 0 Å². The number of hydrogen-bond donors (Lipinski definition) is 0. The lowest BCUT2D eigenvalue weighted by molar-refractivity contribution is 1.18. The van der Waals surface area contributed by atoms with Crippen LogP contribution < -0.4 is 20.7 Å². The maximum absolute atomic E-state index is 8.42. The molecule has 0 bridgehead atoms. The summed E-state index contributed by atoms with van der Waals surface area (Å²) >= 11 is 0. The molecule has 0 aliphatic rings. The van der Waals surface area contributed by atoms with Gasteiger partial charge in [0.2, 0.25) is 5.69 Å². The lowest BCUT2D eigenvalue weighted by atomic mass is 10.0. The molecule has 0 N–H and O–H groups in total. The lowest BCUT2D eigenvalue weighted by Crippen LogP contribution is -2.75. The van der Waals surface area contributed by atoms with Crippen molar-refractivity contribution < 1.29 is 0 Å². The van der Waals surface area contributed by atoms with Crippen LogP contribution in [0.25, 0.3) is 48.3 Å². The van der Waals surface area contributed by atoms with Crippen LogP contribution in [0.15, 0.2) is 176 Å². The summed E-state index contributed by atoms with van der Waals surface area (Å²) in [6.07, 6.45) is 0. The first kappa shape index (κ1) is 29.0. The number of benzene rings is 7. The summed E-state index contributed by atoms with van der Waals surface area (Å²) in [5.74, 6) is 0. The van der Waals surface area contributed by atoms with Gasteiger partial charge in [-0.15, -0.1) is 0 Å². The summed E-state index contributed by atoms with van der Waals surface area (Å²) in [6, 6.07) is 61.7. The summed E-state index contributed by atoms with van der Waals surface area (Å²) in [4.78, 5) is 7.92. The number of rotatable bonds is 6. The Hall–Kier alpha value is -6.46. The molecule has 8 rings (SSSR count). The van der Waals surface area contributed by atoms with Crippen molar-refractivity contribution in [3.8, 4) is 16.8 Å². The summed E-state index contributed by atoms with van der Waals surface area (Å²) in [7, 11) is -3.00. The standard InChI is InChI=1S/C44H29N3Si/c1-45-39-30-31-42(48(34-16-6-3-7-17-34,35-18-8-4-9-19-35)36-20-10-5-11-21-36)43(44(39)46-2)32-26-28-33(29-27-32)47-40-24-14-12-22-37(40)38-23-13-15-25-41(38)47/h3-31H. The molecule has 0 aliphatic carbocycles. The molecule has 0 fully saturated rings. The van der Waals surface area contributed by atoms with E-state index in [0.717, 1.165) is 33.0 Å². The fourth-order valence-corrected chi connectivity index (χ4v) is 12.4. The van der Waals surface area contributed by atoms with Gasteiger partial charge in [0, 0.05) is 16.5 Å². The maximum Gasteiger partial charge on any atom is 0.202 e. The number of nitrogens with zero attached hydrogens (tertiary/aromatic N) is 3. The molecule has 8 aromatic rings. The van der Waals surface area contributed by atoms with Gasteiger partial charge in [-0.05, 0) is 51.0 Å². The van der Waals surface area contributed by atoms with Gasteiger partial charge in [0.05, 0.1) is 24.2 Å². The molecule has 0 amide bonds. The molecule has 0 radical (unpaired) electrons. The molecular formula is C44H29N3Si. The van der Waals surface area contributed by atoms with Gasteiger partial charge in [-0.3, -0.25) is 4.85 Å². The number of aromatic nitrogens is 1. The van der Waals surface area contributed by atoms with E-state index in [2.05, 4.69) is 184 Å².